The molecule has 0 aliphatic carbocycles. The minimum absolute atomic E-state index is 0.0171. The van der Waals surface area contributed by atoms with Crippen molar-refractivity contribution in [1.29, 1.82) is 0 Å². The summed E-state index contributed by atoms with van der Waals surface area (Å²) in [7, 11) is 1.54. The summed E-state index contributed by atoms with van der Waals surface area (Å²) in [6, 6.07) is 9.91. The van der Waals surface area contributed by atoms with Crippen LogP contribution in [0.1, 0.15) is 5.82 Å². The lowest BCUT2D eigenvalue weighted by molar-refractivity contribution is -0.906. The molecule has 0 spiro atoms. The number of nitrogens with zero attached hydrogens (tertiary/aromatic N) is 1. The van der Waals surface area contributed by atoms with Gasteiger partial charge in [0.05, 0.1) is 23.2 Å². The third-order valence-corrected chi connectivity index (χ3v) is 4.35. The number of amides is 1. The van der Waals surface area contributed by atoms with Gasteiger partial charge in [0.25, 0.3) is 11.5 Å². The normalized spacial score (nSPS) is 12.1. The van der Waals surface area contributed by atoms with Crippen LogP contribution < -0.4 is 15.8 Å². The molecule has 1 amide bonds. The fourth-order valence-corrected chi connectivity index (χ4v) is 2.95. The Bertz CT molecular complexity index is 1070. The van der Waals surface area contributed by atoms with Gasteiger partial charge in [-0.1, -0.05) is 12.1 Å². The second-order valence-electron chi connectivity index (χ2n) is 6.55. The number of aromatic amines is 1. The van der Waals surface area contributed by atoms with Crippen molar-refractivity contribution in [3.05, 3.63) is 70.3 Å². The topological polar surface area (TPSA) is 88.5 Å². The molecule has 2 aromatic carbocycles. The van der Waals surface area contributed by atoms with Crippen molar-refractivity contribution in [2.75, 3.05) is 32.1 Å². The number of carbonyl (C=O) groups excluding carboxylic acids is 1. The fraction of sp³-hybridized carbons (Fsp3) is 0.250. The molecule has 0 fully saturated rings. The number of H-pyrrole nitrogens is 1. The number of aromatic nitrogens is 2. The van der Waals surface area contributed by atoms with Crippen LogP contribution in [0.5, 0.6) is 0 Å². The van der Waals surface area contributed by atoms with Crippen LogP contribution in [0.3, 0.4) is 0 Å². The number of quaternary nitrogens is 1. The van der Waals surface area contributed by atoms with E-state index in [-0.39, 0.29) is 24.3 Å². The number of ether oxygens (including phenoxy) is 1. The number of carbonyl (C=O) groups is 1. The molecule has 152 valence electrons. The highest BCUT2D eigenvalue weighted by molar-refractivity contribution is 5.91. The number of benzene rings is 2. The quantitative estimate of drug-likeness (QED) is 0.521. The minimum atomic E-state index is -0.850. The van der Waals surface area contributed by atoms with Gasteiger partial charge in [0.2, 0.25) is 0 Å². The van der Waals surface area contributed by atoms with E-state index in [9.17, 15) is 18.4 Å². The van der Waals surface area contributed by atoms with Gasteiger partial charge in [0.1, 0.15) is 24.7 Å². The third-order valence-electron chi connectivity index (χ3n) is 4.35. The number of hydrogen-bond acceptors (Lipinski definition) is 4. The monoisotopic (exact) mass is 403 g/mol. The Labute approximate surface area is 165 Å². The molecular weight excluding hydrogens is 382 g/mol. The van der Waals surface area contributed by atoms with Crippen molar-refractivity contribution in [3.8, 4) is 0 Å². The Morgan fingerprint density at radius 1 is 1.24 bits per heavy atom. The summed E-state index contributed by atoms with van der Waals surface area (Å²) >= 11 is 0. The van der Waals surface area contributed by atoms with E-state index >= 15 is 0 Å². The van der Waals surface area contributed by atoms with Crippen molar-refractivity contribution in [2.45, 2.75) is 6.54 Å². The van der Waals surface area contributed by atoms with Crippen LogP contribution in [0.4, 0.5) is 14.5 Å². The molecule has 1 unspecified atom stereocenters. The van der Waals surface area contributed by atoms with Gasteiger partial charge in [-0.25, -0.2) is 13.8 Å². The predicted octanol–water partition coefficient (Wildman–Crippen LogP) is 0.871. The highest BCUT2D eigenvalue weighted by Gasteiger charge is 2.18. The Balaban J connectivity index is 1.74. The van der Waals surface area contributed by atoms with Crippen LogP contribution in [0, 0.1) is 11.6 Å². The summed E-state index contributed by atoms with van der Waals surface area (Å²) in [6.07, 6.45) is 0. The first-order valence-corrected chi connectivity index (χ1v) is 9.01. The van der Waals surface area contributed by atoms with Gasteiger partial charge in [-0.3, -0.25) is 9.59 Å². The van der Waals surface area contributed by atoms with Crippen molar-refractivity contribution in [1.82, 2.24) is 9.97 Å². The third kappa shape index (κ3) is 5.43. The van der Waals surface area contributed by atoms with Crippen LogP contribution in [-0.4, -0.2) is 42.7 Å². The molecule has 7 nitrogen and oxygen atoms in total. The van der Waals surface area contributed by atoms with Crippen LogP contribution in [0.15, 0.2) is 47.3 Å². The zero-order chi connectivity index (χ0) is 20.8. The highest BCUT2D eigenvalue weighted by atomic mass is 19.1. The lowest BCUT2D eigenvalue weighted by Gasteiger charge is -2.18. The molecule has 0 bridgehead atoms. The van der Waals surface area contributed by atoms with E-state index in [0.717, 1.165) is 11.0 Å². The zero-order valence-electron chi connectivity index (χ0n) is 15.8. The molecule has 1 heterocycles. The van der Waals surface area contributed by atoms with E-state index in [0.29, 0.717) is 35.9 Å². The summed E-state index contributed by atoms with van der Waals surface area (Å²) in [4.78, 5) is 32.5. The first-order valence-electron chi connectivity index (χ1n) is 9.01. The van der Waals surface area contributed by atoms with Crippen LogP contribution in [0.25, 0.3) is 10.9 Å². The number of nitrogens with one attached hydrogen (secondary N) is 3. The Kier molecular flexibility index (Phi) is 6.63. The number of fused-ring (bicyclic) bond motifs is 1. The van der Waals surface area contributed by atoms with Crippen molar-refractivity contribution < 1.29 is 23.2 Å². The molecule has 0 radical (unpaired) electrons. The maximum atomic E-state index is 13.8. The van der Waals surface area contributed by atoms with E-state index in [1.54, 1.807) is 31.4 Å². The summed E-state index contributed by atoms with van der Waals surface area (Å²) in [5, 5.41) is 2.92. The molecule has 0 saturated carbocycles. The SMILES string of the molecule is COCC[NH+](CC(=O)Nc1ccc(F)cc1F)Cc1nc2ccccc2c(=O)[nH]1. The van der Waals surface area contributed by atoms with Gasteiger partial charge in [0.15, 0.2) is 12.4 Å². The Morgan fingerprint density at radius 3 is 2.79 bits per heavy atom. The van der Waals surface area contributed by atoms with E-state index < -0.39 is 17.5 Å². The summed E-state index contributed by atoms with van der Waals surface area (Å²) in [5.74, 6) is -1.60. The summed E-state index contributed by atoms with van der Waals surface area (Å²) < 4.78 is 31.9. The molecule has 9 heteroatoms. The van der Waals surface area contributed by atoms with Gasteiger partial charge >= 0.3 is 0 Å². The van der Waals surface area contributed by atoms with Crippen LogP contribution in [0.2, 0.25) is 0 Å². The molecule has 3 rings (SSSR count). The van der Waals surface area contributed by atoms with Gasteiger partial charge in [0, 0.05) is 13.2 Å². The number of halogens is 2. The Morgan fingerprint density at radius 2 is 2.03 bits per heavy atom. The molecule has 3 N–H and O–H groups in total. The van der Waals surface area contributed by atoms with E-state index in [2.05, 4.69) is 15.3 Å². The number of anilines is 1. The predicted molar refractivity (Wildman–Crippen MR) is 104 cm³/mol. The van der Waals surface area contributed by atoms with Gasteiger partial charge in [-0.15, -0.1) is 0 Å². The summed E-state index contributed by atoms with van der Waals surface area (Å²) in [5.41, 5.74) is 0.212. The zero-order valence-corrected chi connectivity index (χ0v) is 15.8. The molecular formula is C20H21F2N4O3+. The van der Waals surface area contributed by atoms with E-state index in [1.807, 2.05) is 0 Å². The van der Waals surface area contributed by atoms with Gasteiger partial charge in [-0.05, 0) is 24.3 Å². The van der Waals surface area contributed by atoms with Crippen LogP contribution >= 0.6 is 0 Å². The molecule has 29 heavy (non-hydrogen) atoms. The lowest BCUT2D eigenvalue weighted by atomic mass is 10.2. The van der Waals surface area contributed by atoms with Crippen molar-refractivity contribution in [2.24, 2.45) is 0 Å². The first-order chi connectivity index (χ1) is 14.0. The van der Waals surface area contributed by atoms with E-state index in [1.165, 1.54) is 6.07 Å². The average molecular weight is 403 g/mol. The second kappa shape index (κ2) is 9.35. The number of rotatable bonds is 8. The molecule has 0 saturated heterocycles. The second-order valence-corrected chi connectivity index (χ2v) is 6.55. The highest BCUT2D eigenvalue weighted by Crippen LogP contribution is 2.14. The maximum absolute atomic E-state index is 13.8. The molecule has 3 aromatic rings. The van der Waals surface area contributed by atoms with Crippen molar-refractivity contribution in [3.63, 3.8) is 0 Å². The number of hydrogen-bond donors (Lipinski definition) is 3. The molecule has 0 aliphatic heterocycles. The first kappa shape index (κ1) is 20.6. The largest absolute Gasteiger partial charge is 0.379 e. The molecule has 1 aromatic heterocycles. The lowest BCUT2D eigenvalue weighted by Crippen LogP contribution is -3.12. The fourth-order valence-electron chi connectivity index (χ4n) is 2.95. The minimum Gasteiger partial charge on any atom is -0.379 e. The van der Waals surface area contributed by atoms with Crippen molar-refractivity contribution >= 4 is 22.5 Å². The van der Waals surface area contributed by atoms with Gasteiger partial charge < -0.3 is 19.9 Å². The molecule has 0 aliphatic rings. The van der Waals surface area contributed by atoms with E-state index in [4.69, 9.17) is 4.74 Å². The smallest absolute Gasteiger partial charge is 0.279 e. The summed E-state index contributed by atoms with van der Waals surface area (Å²) in [6.45, 7) is 1.09. The average Bonchev–Trinajstić information content (AvgIpc) is 2.68. The standard InChI is InChI=1S/C20H20F2N4O3/c1-29-9-8-26(12-19(27)24-17-7-6-13(21)10-15(17)22)11-18-23-16-5-3-2-4-14(16)20(28)25-18/h2-7,10H,8-9,11-12H2,1H3,(H,24,27)(H,23,25,28)/p+1. The number of para-hydroxylation sites is 1. The van der Waals surface area contributed by atoms with Gasteiger partial charge in [-0.2, -0.15) is 0 Å². The Hall–Kier alpha value is -3.17. The van der Waals surface area contributed by atoms with Crippen LogP contribution in [-0.2, 0) is 16.1 Å². The number of methoxy groups -OCH3 is 1. The molecule has 1 atom stereocenters. The maximum Gasteiger partial charge on any atom is 0.279 e.